The highest BCUT2D eigenvalue weighted by molar-refractivity contribution is 7.89. The molecule has 0 aliphatic rings. The number of sulfonamides is 1. The van der Waals surface area contributed by atoms with E-state index in [1.54, 1.807) is 6.92 Å². The maximum absolute atomic E-state index is 11.8. The van der Waals surface area contributed by atoms with Crippen LogP contribution in [0.5, 0.6) is 0 Å². The van der Waals surface area contributed by atoms with Gasteiger partial charge in [-0.3, -0.25) is 0 Å². The van der Waals surface area contributed by atoms with Crippen LogP contribution in [0.25, 0.3) is 0 Å². The summed E-state index contributed by atoms with van der Waals surface area (Å²) in [6.45, 7) is 5.04. The Morgan fingerprint density at radius 1 is 1.53 bits per heavy atom. The molecule has 0 radical (unpaired) electrons. The number of nitrogens with one attached hydrogen (secondary N) is 1. The first kappa shape index (κ1) is 14.3. The van der Waals surface area contributed by atoms with Crippen LogP contribution in [0.15, 0.2) is 28.6 Å². The Bertz CT molecular complexity index is 532. The standard InChI is InChI=1S/C10H12Cl2N2O2S/c1-6-3-8(4-9(13)10(6)12)17(15,16)14-5-7(2)11/h3-4,14H,2,5,13H2,1H3. The first-order chi connectivity index (χ1) is 7.74. The topological polar surface area (TPSA) is 72.2 Å². The van der Waals surface area contributed by atoms with Crippen molar-refractivity contribution in [2.45, 2.75) is 11.8 Å². The van der Waals surface area contributed by atoms with Gasteiger partial charge >= 0.3 is 0 Å². The number of nitrogens with two attached hydrogens (primary N) is 1. The molecule has 0 aromatic heterocycles. The number of rotatable bonds is 4. The minimum atomic E-state index is -3.65. The van der Waals surface area contributed by atoms with Crippen LogP contribution in [0.2, 0.25) is 5.02 Å². The number of hydrogen-bond donors (Lipinski definition) is 2. The van der Waals surface area contributed by atoms with E-state index < -0.39 is 10.0 Å². The molecule has 1 rings (SSSR count). The lowest BCUT2D eigenvalue weighted by molar-refractivity contribution is 0.585. The molecule has 0 saturated heterocycles. The molecule has 0 fully saturated rings. The molecule has 94 valence electrons. The van der Waals surface area contributed by atoms with Gasteiger partial charge in [0, 0.05) is 11.6 Å². The molecule has 1 aromatic carbocycles. The zero-order valence-electron chi connectivity index (χ0n) is 9.13. The largest absolute Gasteiger partial charge is 0.397 e. The van der Waals surface area contributed by atoms with Gasteiger partial charge in [0.25, 0.3) is 0 Å². The van der Waals surface area contributed by atoms with Crippen molar-refractivity contribution >= 4 is 38.9 Å². The molecule has 17 heavy (non-hydrogen) atoms. The number of nitrogen functional groups attached to an aromatic ring is 1. The molecule has 4 nitrogen and oxygen atoms in total. The van der Waals surface area contributed by atoms with Gasteiger partial charge in [0.2, 0.25) is 10.0 Å². The van der Waals surface area contributed by atoms with Crippen molar-refractivity contribution in [3.8, 4) is 0 Å². The van der Waals surface area contributed by atoms with E-state index in [2.05, 4.69) is 11.3 Å². The zero-order chi connectivity index (χ0) is 13.2. The molecular formula is C10H12Cl2N2O2S. The van der Waals surface area contributed by atoms with Crippen molar-refractivity contribution < 1.29 is 8.42 Å². The van der Waals surface area contributed by atoms with Gasteiger partial charge in [-0.25, -0.2) is 13.1 Å². The van der Waals surface area contributed by atoms with Gasteiger partial charge < -0.3 is 5.73 Å². The van der Waals surface area contributed by atoms with E-state index in [-0.39, 0.29) is 22.2 Å². The number of aryl methyl sites for hydroxylation is 1. The van der Waals surface area contributed by atoms with Gasteiger partial charge in [-0.15, -0.1) is 0 Å². The fourth-order valence-corrected chi connectivity index (χ4v) is 2.57. The van der Waals surface area contributed by atoms with E-state index in [4.69, 9.17) is 28.9 Å². The molecule has 0 heterocycles. The second-order valence-electron chi connectivity index (χ2n) is 3.49. The SMILES string of the molecule is C=C(Cl)CNS(=O)(=O)c1cc(C)c(Cl)c(N)c1. The molecule has 0 aliphatic heterocycles. The van der Waals surface area contributed by atoms with Crippen molar-refractivity contribution in [3.63, 3.8) is 0 Å². The predicted molar refractivity (Wildman–Crippen MR) is 70.8 cm³/mol. The van der Waals surface area contributed by atoms with Crippen LogP contribution >= 0.6 is 23.2 Å². The van der Waals surface area contributed by atoms with E-state index in [1.165, 1.54) is 12.1 Å². The molecule has 3 N–H and O–H groups in total. The van der Waals surface area contributed by atoms with Crippen LogP contribution in [-0.4, -0.2) is 15.0 Å². The maximum Gasteiger partial charge on any atom is 0.240 e. The highest BCUT2D eigenvalue weighted by Gasteiger charge is 2.16. The summed E-state index contributed by atoms with van der Waals surface area (Å²) >= 11 is 11.3. The van der Waals surface area contributed by atoms with E-state index in [0.717, 1.165) is 0 Å². The first-order valence-electron chi connectivity index (χ1n) is 4.62. The van der Waals surface area contributed by atoms with Gasteiger partial charge in [-0.05, 0) is 24.6 Å². The summed E-state index contributed by atoms with van der Waals surface area (Å²) in [7, 11) is -3.65. The molecule has 0 amide bonds. The number of benzene rings is 1. The van der Waals surface area contributed by atoms with Crippen LogP contribution in [0, 0.1) is 6.92 Å². The average molecular weight is 295 g/mol. The third-order valence-corrected chi connectivity index (χ3v) is 4.05. The summed E-state index contributed by atoms with van der Waals surface area (Å²) in [6, 6.07) is 2.74. The van der Waals surface area contributed by atoms with Crippen molar-refractivity contribution in [2.75, 3.05) is 12.3 Å². The fraction of sp³-hybridized carbons (Fsp3) is 0.200. The van der Waals surface area contributed by atoms with Crippen molar-refractivity contribution in [1.29, 1.82) is 0 Å². The molecule has 0 spiro atoms. The maximum atomic E-state index is 11.8. The van der Waals surface area contributed by atoms with Crippen LogP contribution < -0.4 is 10.5 Å². The van der Waals surface area contributed by atoms with E-state index >= 15 is 0 Å². The highest BCUT2D eigenvalue weighted by Crippen LogP contribution is 2.26. The molecule has 1 aromatic rings. The van der Waals surface area contributed by atoms with Crippen molar-refractivity contribution in [2.24, 2.45) is 0 Å². The molecule has 0 atom stereocenters. The third-order valence-electron chi connectivity index (χ3n) is 2.02. The molecule has 0 unspecified atom stereocenters. The lowest BCUT2D eigenvalue weighted by Crippen LogP contribution is -2.25. The Hall–Kier alpha value is -0.750. The van der Waals surface area contributed by atoms with Crippen LogP contribution in [0.3, 0.4) is 0 Å². The monoisotopic (exact) mass is 294 g/mol. The summed E-state index contributed by atoms with van der Waals surface area (Å²) in [5, 5.41) is 0.554. The fourth-order valence-electron chi connectivity index (χ4n) is 1.17. The van der Waals surface area contributed by atoms with Crippen molar-refractivity contribution in [3.05, 3.63) is 34.3 Å². The molecule has 0 saturated carbocycles. The first-order valence-corrected chi connectivity index (χ1v) is 6.86. The normalized spacial score (nSPS) is 11.5. The van der Waals surface area contributed by atoms with Gasteiger partial charge in [-0.2, -0.15) is 0 Å². The summed E-state index contributed by atoms with van der Waals surface area (Å²) in [5.74, 6) is 0. The second kappa shape index (κ2) is 5.27. The van der Waals surface area contributed by atoms with Gasteiger partial charge in [-0.1, -0.05) is 29.8 Å². The smallest absolute Gasteiger partial charge is 0.240 e. The second-order valence-corrected chi connectivity index (χ2v) is 6.16. The summed E-state index contributed by atoms with van der Waals surface area (Å²) in [4.78, 5) is 0.0508. The summed E-state index contributed by atoms with van der Waals surface area (Å²) < 4.78 is 26.0. The predicted octanol–water partition coefficient (Wildman–Crippen LogP) is 2.26. The summed E-state index contributed by atoms with van der Waals surface area (Å²) in [5.41, 5.74) is 6.42. The molecule has 0 bridgehead atoms. The average Bonchev–Trinajstić information content (AvgIpc) is 2.22. The minimum absolute atomic E-state index is 0.0362. The Balaban J connectivity index is 3.12. The lowest BCUT2D eigenvalue weighted by atomic mass is 10.2. The Morgan fingerprint density at radius 3 is 2.59 bits per heavy atom. The third kappa shape index (κ3) is 3.61. The lowest BCUT2D eigenvalue weighted by Gasteiger charge is -2.09. The Kier molecular flexibility index (Phi) is 4.43. The van der Waals surface area contributed by atoms with Crippen molar-refractivity contribution in [1.82, 2.24) is 4.72 Å². The van der Waals surface area contributed by atoms with E-state index in [1.807, 2.05) is 0 Å². The Labute approximate surface area is 110 Å². The number of anilines is 1. The number of halogens is 2. The minimum Gasteiger partial charge on any atom is -0.397 e. The Morgan fingerprint density at radius 2 is 2.12 bits per heavy atom. The van der Waals surface area contributed by atoms with Crippen LogP contribution in [-0.2, 0) is 10.0 Å². The zero-order valence-corrected chi connectivity index (χ0v) is 11.5. The quantitative estimate of drug-likeness (QED) is 0.837. The summed E-state index contributed by atoms with van der Waals surface area (Å²) in [6.07, 6.45) is 0. The van der Waals surface area contributed by atoms with E-state index in [9.17, 15) is 8.42 Å². The van der Waals surface area contributed by atoms with Crippen LogP contribution in [0.4, 0.5) is 5.69 Å². The van der Waals surface area contributed by atoms with Gasteiger partial charge in [0.15, 0.2) is 0 Å². The number of hydrogen-bond acceptors (Lipinski definition) is 3. The van der Waals surface area contributed by atoms with Crippen LogP contribution in [0.1, 0.15) is 5.56 Å². The molecule has 0 aliphatic carbocycles. The van der Waals surface area contributed by atoms with E-state index in [0.29, 0.717) is 10.6 Å². The molecule has 7 heteroatoms. The molecular weight excluding hydrogens is 283 g/mol. The van der Waals surface area contributed by atoms with Gasteiger partial charge in [0.05, 0.1) is 15.6 Å². The highest BCUT2D eigenvalue weighted by atomic mass is 35.5. The van der Waals surface area contributed by atoms with Gasteiger partial charge in [0.1, 0.15) is 0 Å².